The largest absolute Gasteiger partial charge is 0.481 e. The smallest absolute Gasteiger partial charge is 0.308 e. The van der Waals surface area contributed by atoms with Crippen LogP contribution in [0.2, 0.25) is 0 Å². The number of carbonyl (C=O) groups is 1. The Morgan fingerprint density at radius 1 is 1.53 bits per heavy atom. The fraction of sp³-hybridized carbons (Fsp3) is 0.909. The van der Waals surface area contributed by atoms with Gasteiger partial charge < -0.3 is 10.4 Å². The predicted octanol–water partition coefficient (Wildman–Crippen LogP) is 1.72. The highest BCUT2D eigenvalue weighted by Crippen LogP contribution is 2.42. The van der Waals surface area contributed by atoms with Gasteiger partial charge in [-0.2, -0.15) is 11.8 Å². The Labute approximate surface area is 95.0 Å². The number of nitrogens with one attached hydrogen (secondary N) is 1. The van der Waals surface area contributed by atoms with E-state index in [1.165, 1.54) is 19.3 Å². The first-order valence-electron chi connectivity index (χ1n) is 5.68. The molecule has 0 spiro atoms. The molecule has 15 heavy (non-hydrogen) atoms. The van der Waals surface area contributed by atoms with Gasteiger partial charge in [-0.3, -0.25) is 4.79 Å². The average Bonchev–Trinajstić information content (AvgIpc) is 2.06. The van der Waals surface area contributed by atoms with Crippen LogP contribution in [0.15, 0.2) is 0 Å². The maximum atomic E-state index is 10.8. The summed E-state index contributed by atoms with van der Waals surface area (Å²) in [5.41, 5.74) is 0. The number of carboxylic acids is 1. The monoisotopic (exact) mass is 229 g/mol. The van der Waals surface area contributed by atoms with Crippen LogP contribution < -0.4 is 5.32 Å². The van der Waals surface area contributed by atoms with Crippen molar-refractivity contribution in [3.05, 3.63) is 0 Å². The van der Waals surface area contributed by atoms with E-state index in [0.29, 0.717) is 4.75 Å². The summed E-state index contributed by atoms with van der Waals surface area (Å²) in [5, 5.41) is 12.4. The highest BCUT2D eigenvalue weighted by molar-refractivity contribution is 8.00. The molecule has 2 fully saturated rings. The lowest BCUT2D eigenvalue weighted by Gasteiger charge is -2.44. The Hall–Kier alpha value is -0.220. The van der Waals surface area contributed by atoms with E-state index < -0.39 is 5.97 Å². The maximum absolute atomic E-state index is 10.8. The second kappa shape index (κ2) is 4.34. The first-order chi connectivity index (χ1) is 7.17. The molecule has 2 rings (SSSR count). The van der Waals surface area contributed by atoms with Gasteiger partial charge in [-0.1, -0.05) is 6.42 Å². The Morgan fingerprint density at radius 2 is 2.27 bits per heavy atom. The highest BCUT2D eigenvalue weighted by atomic mass is 32.2. The van der Waals surface area contributed by atoms with Gasteiger partial charge in [-0.15, -0.1) is 0 Å². The standard InChI is InChI=1S/C11H19NO2S/c1-15-11(5-2-6-11)7-12-9-4-3-8(9)10(13)14/h8-9,12H,2-7H2,1H3,(H,13,14). The van der Waals surface area contributed by atoms with Crippen LogP contribution in [0, 0.1) is 5.92 Å². The van der Waals surface area contributed by atoms with Crippen molar-refractivity contribution in [3.63, 3.8) is 0 Å². The van der Waals surface area contributed by atoms with Crippen LogP contribution in [-0.4, -0.2) is 34.7 Å². The van der Waals surface area contributed by atoms with Crippen molar-refractivity contribution in [3.8, 4) is 0 Å². The molecule has 0 saturated heterocycles. The van der Waals surface area contributed by atoms with Crippen LogP contribution in [0.4, 0.5) is 0 Å². The zero-order chi connectivity index (χ0) is 10.9. The molecule has 0 radical (unpaired) electrons. The lowest BCUT2D eigenvalue weighted by Crippen LogP contribution is -2.53. The van der Waals surface area contributed by atoms with Gasteiger partial charge in [0.2, 0.25) is 0 Å². The number of hydrogen-bond donors (Lipinski definition) is 2. The van der Waals surface area contributed by atoms with Crippen LogP contribution in [0.25, 0.3) is 0 Å². The second-order valence-electron chi connectivity index (χ2n) is 4.75. The second-order valence-corrected chi connectivity index (χ2v) is 6.02. The molecule has 2 aliphatic rings. The quantitative estimate of drug-likeness (QED) is 0.753. The van der Waals surface area contributed by atoms with Crippen molar-refractivity contribution in [2.24, 2.45) is 5.92 Å². The van der Waals surface area contributed by atoms with Crippen LogP contribution in [0.3, 0.4) is 0 Å². The van der Waals surface area contributed by atoms with Crippen molar-refractivity contribution in [2.45, 2.75) is 42.9 Å². The molecular weight excluding hydrogens is 210 g/mol. The zero-order valence-electron chi connectivity index (χ0n) is 9.16. The molecule has 0 bridgehead atoms. The van der Waals surface area contributed by atoms with Crippen molar-refractivity contribution in [1.82, 2.24) is 5.32 Å². The molecule has 2 saturated carbocycles. The summed E-state index contributed by atoms with van der Waals surface area (Å²) in [5.74, 6) is -0.769. The van der Waals surface area contributed by atoms with E-state index in [9.17, 15) is 4.79 Å². The third-order valence-electron chi connectivity index (χ3n) is 3.98. The van der Waals surface area contributed by atoms with E-state index in [1.807, 2.05) is 11.8 Å². The van der Waals surface area contributed by atoms with Gasteiger partial charge >= 0.3 is 5.97 Å². The van der Waals surface area contributed by atoms with Gasteiger partial charge in [0.1, 0.15) is 0 Å². The number of aliphatic carboxylic acids is 1. The molecule has 0 aliphatic heterocycles. The van der Waals surface area contributed by atoms with Crippen LogP contribution >= 0.6 is 11.8 Å². The summed E-state index contributed by atoms with van der Waals surface area (Å²) >= 11 is 1.94. The number of carboxylic acid groups (broad SMARTS) is 1. The summed E-state index contributed by atoms with van der Waals surface area (Å²) in [7, 11) is 0. The van der Waals surface area contributed by atoms with Crippen molar-refractivity contribution in [2.75, 3.05) is 12.8 Å². The van der Waals surface area contributed by atoms with Gasteiger partial charge in [0, 0.05) is 17.3 Å². The SMILES string of the molecule is CSC1(CNC2CCC2C(=O)O)CCC1. The Kier molecular flexibility index (Phi) is 3.26. The molecule has 2 aliphatic carbocycles. The molecule has 3 nitrogen and oxygen atoms in total. The topological polar surface area (TPSA) is 49.3 Å². The Bertz CT molecular complexity index is 247. The fourth-order valence-corrected chi connectivity index (χ4v) is 3.31. The van der Waals surface area contributed by atoms with Crippen LogP contribution in [0.1, 0.15) is 32.1 Å². The molecule has 0 aromatic carbocycles. The van der Waals surface area contributed by atoms with Gasteiger partial charge in [0.15, 0.2) is 0 Å². The third-order valence-corrected chi connectivity index (χ3v) is 5.39. The molecule has 2 atom stereocenters. The molecule has 4 heteroatoms. The summed E-state index contributed by atoms with van der Waals surface area (Å²) in [6.07, 6.45) is 7.93. The molecule has 2 unspecified atom stereocenters. The minimum Gasteiger partial charge on any atom is -0.481 e. The normalized spacial score (nSPS) is 32.9. The number of thioether (sulfide) groups is 1. The highest BCUT2D eigenvalue weighted by Gasteiger charge is 2.40. The van der Waals surface area contributed by atoms with Crippen molar-refractivity contribution in [1.29, 1.82) is 0 Å². The van der Waals surface area contributed by atoms with Gasteiger partial charge in [0.05, 0.1) is 5.92 Å². The summed E-state index contributed by atoms with van der Waals surface area (Å²) in [4.78, 5) is 10.8. The predicted molar refractivity (Wildman–Crippen MR) is 62.2 cm³/mol. The van der Waals surface area contributed by atoms with E-state index in [1.54, 1.807) is 0 Å². The molecule has 2 N–H and O–H groups in total. The zero-order valence-corrected chi connectivity index (χ0v) is 9.98. The van der Waals surface area contributed by atoms with E-state index in [0.717, 1.165) is 19.4 Å². The summed E-state index contributed by atoms with van der Waals surface area (Å²) in [6, 6.07) is 0.229. The van der Waals surface area contributed by atoms with E-state index in [2.05, 4.69) is 11.6 Å². The first-order valence-corrected chi connectivity index (χ1v) is 6.91. The minimum atomic E-state index is -0.634. The first kappa shape index (κ1) is 11.3. The molecule has 0 aromatic heterocycles. The molecule has 0 aromatic rings. The average molecular weight is 229 g/mol. The molecule has 86 valence electrons. The lowest BCUT2D eigenvalue weighted by molar-refractivity contribution is -0.146. The van der Waals surface area contributed by atoms with Crippen LogP contribution in [-0.2, 0) is 4.79 Å². The summed E-state index contributed by atoms with van der Waals surface area (Å²) < 4.78 is 0.415. The third kappa shape index (κ3) is 2.16. The van der Waals surface area contributed by atoms with Crippen molar-refractivity contribution >= 4 is 17.7 Å². The van der Waals surface area contributed by atoms with E-state index >= 15 is 0 Å². The van der Waals surface area contributed by atoms with Crippen LogP contribution in [0.5, 0.6) is 0 Å². The molecular formula is C11H19NO2S. The minimum absolute atomic E-state index is 0.135. The van der Waals surface area contributed by atoms with Gasteiger partial charge in [0.25, 0.3) is 0 Å². The Morgan fingerprint density at radius 3 is 2.60 bits per heavy atom. The van der Waals surface area contributed by atoms with E-state index in [-0.39, 0.29) is 12.0 Å². The number of rotatable bonds is 5. The van der Waals surface area contributed by atoms with E-state index in [4.69, 9.17) is 5.11 Å². The lowest BCUT2D eigenvalue weighted by atomic mass is 9.78. The number of hydrogen-bond acceptors (Lipinski definition) is 3. The summed E-state index contributed by atoms with van der Waals surface area (Å²) in [6.45, 7) is 0.989. The van der Waals surface area contributed by atoms with Gasteiger partial charge in [-0.25, -0.2) is 0 Å². The Balaban J connectivity index is 1.76. The molecule has 0 heterocycles. The molecule has 0 amide bonds. The van der Waals surface area contributed by atoms with Crippen molar-refractivity contribution < 1.29 is 9.90 Å². The fourth-order valence-electron chi connectivity index (χ4n) is 2.38. The van der Waals surface area contributed by atoms with Gasteiger partial charge in [-0.05, 0) is 31.9 Å². The maximum Gasteiger partial charge on any atom is 0.308 e.